The first-order valence-electron chi connectivity index (χ1n) is 12.2. The van der Waals surface area contributed by atoms with E-state index in [1.165, 1.54) is 12.1 Å². The predicted octanol–water partition coefficient (Wildman–Crippen LogP) is 5.20. The molecule has 8 nitrogen and oxygen atoms in total. The van der Waals surface area contributed by atoms with Gasteiger partial charge in [0.25, 0.3) is 0 Å². The van der Waals surface area contributed by atoms with E-state index in [2.05, 4.69) is 15.2 Å². The number of benzene rings is 1. The molecule has 1 atom stereocenters. The Morgan fingerprint density at radius 1 is 1.24 bits per heavy atom. The fourth-order valence-electron chi connectivity index (χ4n) is 4.36. The zero-order chi connectivity index (χ0) is 27.0. The number of carbonyl (C=O) groups is 2. The van der Waals surface area contributed by atoms with E-state index in [9.17, 15) is 14.0 Å². The van der Waals surface area contributed by atoms with E-state index in [1.807, 2.05) is 32.1 Å². The molecule has 2 heterocycles. The summed E-state index contributed by atoms with van der Waals surface area (Å²) < 4.78 is 21.0. The largest absolute Gasteiger partial charge is 0.444 e. The monoisotopic (exact) mass is 529 g/mol. The summed E-state index contributed by atoms with van der Waals surface area (Å²) in [5.74, 6) is 0.873. The highest BCUT2D eigenvalue weighted by molar-refractivity contribution is 6.22. The minimum Gasteiger partial charge on any atom is -0.444 e. The van der Waals surface area contributed by atoms with Gasteiger partial charge in [-0.05, 0) is 71.4 Å². The smallest absolute Gasteiger partial charge is 0.408 e. The maximum atomic E-state index is 13.6. The number of halogens is 2. The summed E-state index contributed by atoms with van der Waals surface area (Å²) in [6.45, 7) is 9.76. The number of allylic oxidation sites excluding steroid dienone is 3. The number of hydrogen-bond donors (Lipinski definition) is 2. The van der Waals surface area contributed by atoms with Gasteiger partial charge in [0.2, 0.25) is 5.91 Å². The third kappa shape index (κ3) is 6.33. The fourth-order valence-corrected chi connectivity index (χ4v) is 4.52. The standard InChI is InChI=1S/C27H33ClFN5O3/c1-26(2,3)37-25(36)30-14-22(35)34-15-21-32-23(17-6-10-19(29)11-7-17)24(33(21)16-27(34,4)5)31-20-12-8-18(28)9-13-20/h6-8,10-13,18,31H,9,14-16H2,1-5H3,(H,30,36). The quantitative estimate of drug-likeness (QED) is 0.520. The van der Waals surface area contributed by atoms with Crippen LogP contribution in [0, 0.1) is 5.82 Å². The number of nitrogens with zero attached hydrogens (tertiary/aromatic N) is 3. The highest BCUT2D eigenvalue weighted by Crippen LogP contribution is 2.36. The van der Waals surface area contributed by atoms with Crippen LogP contribution in [-0.2, 0) is 22.6 Å². The molecule has 10 heteroatoms. The first kappa shape index (κ1) is 26.7. The molecule has 0 fully saturated rings. The summed E-state index contributed by atoms with van der Waals surface area (Å²) in [6.07, 6.45) is 5.94. The lowest BCUT2D eigenvalue weighted by Crippen LogP contribution is -2.56. The summed E-state index contributed by atoms with van der Waals surface area (Å²) in [5, 5.41) is 5.98. The number of fused-ring (bicyclic) bond motifs is 1. The molecule has 1 unspecified atom stereocenters. The van der Waals surface area contributed by atoms with Gasteiger partial charge in [-0.2, -0.15) is 0 Å². The zero-order valence-corrected chi connectivity index (χ0v) is 22.5. The molecular formula is C27H33ClFN5O3. The third-order valence-electron chi connectivity index (χ3n) is 6.13. The molecule has 1 aromatic heterocycles. The number of nitrogens with one attached hydrogen (secondary N) is 2. The highest BCUT2D eigenvalue weighted by atomic mass is 35.5. The van der Waals surface area contributed by atoms with Crippen LogP contribution in [0.2, 0.25) is 0 Å². The van der Waals surface area contributed by atoms with Crippen molar-refractivity contribution in [1.29, 1.82) is 0 Å². The summed E-state index contributed by atoms with van der Waals surface area (Å²) >= 11 is 6.20. The summed E-state index contributed by atoms with van der Waals surface area (Å²) in [5.41, 5.74) is 1.07. The number of aromatic nitrogens is 2. The van der Waals surface area contributed by atoms with Crippen LogP contribution in [0.4, 0.5) is 15.0 Å². The van der Waals surface area contributed by atoms with Gasteiger partial charge in [-0.3, -0.25) is 4.79 Å². The van der Waals surface area contributed by atoms with Crippen LogP contribution in [0.25, 0.3) is 11.3 Å². The second kappa shape index (κ2) is 10.2. The van der Waals surface area contributed by atoms with Gasteiger partial charge < -0.3 is 24.8 Å². The topological polar surface area (TPSA) is 88.5 Å². The normalized spacial score (nSPS) is 18.6. The minimum absolute atomic E-state index is 0.0470. The van der Waals surface area contributed by atoms with Crippen molar-refractivity contribution >= 4 is 29.4 Å². The van der Waals surface area contributed by atoms with E-state index in [0.717, 1.165) is 17.1 Å². The van der Waals surface area contributed by atoms with E-state index in [1.54, 1.807) is 37.8 Å². The number of alkyl carbamates (subject to hydrolysis) is 1. The number of carbonyl (C=O) groups excluding carboxylic acids is 2. The van der Waals surface area contributed by atoms with Crippen LogP contribution in [-0.4, -0.2) is 49.5 Å². The molecule has 2 aromatic rings. The van der Waals surface area contributed by atoms with Crippen LogP contribution in [0.3, 0.4) is 0 Å². The Bertz CT molecular complexity index is 1240. The minimum atomic E-state index is -0.657. The molecule has 0 saturated heterocycles. The van der Waals surface area contributed by atoms with E-state index < -0.39 is 17.2 Å². The van der Waals surface area contributed by atoms with Gasteiger partial charge in [0, 0.05) is 17.8 Å². The van der Waals surface area contributed by atoms with Crippen molar-refractivity contribution in [1.82, 2.24) is 19.8 Å². The van der Waals surface area contributed by atoms with Crippen molar-refractivity contribution in [3.8, 4) is 11.3 Å². The number of ether oxygens (including phenoxy) is 1. The van der Waals surface area contributed by atoms with Gasteiger partial charge in [-0.25, -0.2) is 14.2 Å². The van der Waals surface area contributed by atoms with E-state index >= 15 is 0 Å². The first-order valence-corrected chi connectivity index (χ1v) is 12.7. The number of alkyl halides is 1. The van der Waals surface area contributed by atoms with Crippen LogP contribution in [0.1, 0.15) is 46.9 Å². The van der Waals surface area contributed by atoms with Crippen molar-refractivity contribution < 1.29 is 18.7 Å². The molecule has 2 amide bonds. The highest BCUT2D eigenvalue weighted by Gasteiger charge is 2.39. The molecule has 0 saturated carbocycles. The zero-order valence-electron chi connectivity index (χ0n) is 21.8. The SMILES string of the molecule is CC(C)(C)OC(=O)NCC(=O)N1Cc2nc(-c3ccc(F)cc3)c(NC3=CCC(Cl)C=C3)n2CC1(C)C. The lowest BCUT2D eigenvalue weighted by Gasteiger charge is -2.43. The van der Waals surface area contributed by atoms with Crippen molar-refractivity contribution in [3.05, 3.63) is 59.8 Å². The van der Waals surface area contributed by atoms with E-state index in [4.69, 9.17) is 21.3 Å². The average molecular weight is 530 g/mol. The van der Waals surface area contributed by atoms with Gasteiger partial charge >= 0.3 is 6.09 Å². The molecule has 1 aromatic carbocycles. The number of rotatable bonds is 5. The molecular weight excluding hydrogens is 497 g/mol. The van der Waals surface area contributed by atoms with Crippen molar-refractivity contribution in [2.75, 3.05) is 11.9 Å². The molecule has 0 radical (unpaired) electrons. The molecule has 2 aliphatic rings. The summed E-state index contributed by atoms with van der Waals surface area (Å²) in [4.78, 5) is 31.8. The molecule has 198 valence electrons. The number of imidazole rings is 1. The maximum Gasteiger partial charge on any atom is 0.408 e. The Labute approximate surface area is 221 Å². The Morgan fingerprint density at radius 3 is 2.57 bits per heavy atom. The summed E-state index contributed by atoms with van der Waals surface area (Å²) in [6, 6.07) is 6.18. The lowest BCUT2D eigenvalue weighted by atomic mass is 9.99. The van der Waals surface area contributed by atoms with E-state index in [-0.39, 0.29) is 30.2 Å². The first-order chi connectivity index (χ1) is 17.3. The Kier molecular flexibility index (Phi) is 7.37. The fraction of sp³-hybridized carbons (Fsp3) is 0.444. The molecule has 1 aliphatic carbocycles. The van der Waals surface area contributed by atoms with Crippen LogP contribution in [0.15, 0.2) is 48.2 Å². The van der Waals surface area contributed by atoms with Crippen LogP contribution >= 0.6 is 11.6 Å². The average Bonchev–Trinajstić information content (AvgIpc) is 3.13. The lowest BCUT2D eigenvalue weighted by molar-refractivity contribution is -0.138. The molecule has 4 rings (SSSR count). The predicted molar refractivity (Wildman–Crippen MR) is 142 cm³/mol. The van der Waals surface area contributed by atoms with Crippen molar-refractivity contribution in [2.24, 2.45) is 0 Å². The Balaban J connectivity index is 1.62. The second-order valence-electron chi connectivity index (χ2n) is 10.9. The van der Waals surface area contributed by atoms with Gasteiger partial charge in [0.15, 0.2) is 0 Å². The molecule has 0 bridgehead atoms. The molecule has 2 N–H and O–H groups in total. The van der Waals surface area contributed by atoms with Crippen LogP contribution < -0.4 is 10.6 Å². The Morgan fingerprint density at radius 2 is 1.95 bits per heavy atom. The second-order valence-corrected chi connectivity index (χ2v) is 11.4. The molecule has 37 heavy (non-hydrogen) atoms. The van der Waals surface area contributed by atoms with Gasteiger partial charge in [0.05, 0.1) is 17.5 Å². The molecule has 0 spiro atoms. The third-order valence-corrected chi connectivity index (χ3v) is 6.46. The maximum absolute atomic E-state index is 13.6. The van der Waals surface area contributed by atoms with Gasteiger partial charge in [-0.1, -0.05) is 12.2 Å². The number of amides is 2. The van der Waals surface area contributed by atoms with E-state index in [0.29, 0.717) is 24.5 Å². The van der Waals surface area contributed by atoms with Gasteiger partial charge in [0.1, 0.15) is 35.3 Å². The summed E-state index contributed by atoms with van der Waals surface area (Å²) in [7, 11) is 0. The van der Waals surface area contributed by atoms with Crippen molar-refractivity contribution in [3.63, 3.8) is 0 Å². The van der Waals surface area contributed by atoms with Crippen LogP contribution in [0.5, 0.6) is 0 Å². The number of anilines is 1. The van der Waals surface area contributed by atoms with Crippen molar-refractivity contribution in [2.45, 2.75) is 70.6 Å². The number of hydrogen-bond acceptors (Lipinski definition) is 5. The van der Waals surface area contributed by atoms with Gasteiger partial charge in [-0.15, -0.1) is 11.6 Å². The Hall–Kier alpha value is -3.33. The molecule has 1 aliphatic heterocycles.